The second-order valence-corrected chi connectivity index (χ2v) is 5.75. The molecule has 0 aliphatic carbocycles. The monoisotopic (exact) mass is 328 g/mol. The molecule has 128 valence electrons. The molecule has 1 fully saturated rings. The summed E-state index contributed by atoms with van der Waals surface area (Å²) in [5, 5.41) is 3.42. The van der Waals surface area contributed by atoms with E-state index in [0.717, 1.165) is 24.2 Å². The normalized spacial score (nSPS) is 17.2. The van der Waals surface area contributed by atoms with Crippen molar-refractivity contribution in [1.29, 1.82) is 0 Å². The van der Waals surface area contributed by atoms with Gasteiger partial charge in [0.15, 0.2) is 0 Å². The molecule has 0 amide bonds. The maximum Gasteiger partial charge on any atom is 0.401 e. The summed E-state index contributed by atoms with van der Waals surface area (Å²) >= 11 is 0. The summed E-state index contributed by atoms with van der Waals surface area (Å²) in [4.78, 5) is 1.47. The van der Waals surface area contributed by atoms with Gasteiger partial charge in [0.1, 0.15) is 12.4 Å². The standard InChI is InChI=1S/C17H23F3N2O/c1-2-11-23-16-6-4-3-5-14(16)12-21-15-7-9-22(10-8-15)13-17(18,19)20/h2-6,15,21H,1,7-13H2. The van der Waals surface area contributed by atoms with E-state index in [2.05, 4.69) is 11.9 Å². The second-order valence-electron chi connectivity index (χ2n) is 5.75. The summed E-state index contributed by atoms with van der Waals surface area (Å²) in [7, 11) is 0. The Morgan fingerprint density at radius 2 is 1.96 bits per heavy atom. The first kappa shape index (κ1) is 17.8. The predicted octanol–water partition coefficient (Wildman–Crippen LogP) is 3.37. The topological polar surface area (TPSA) is 24.5 Å². The number of hydrogen-bond donors (Lipinski definition) is 1. The van der Waals surface area contributed by atoms with Crippen LogP contribution in [0.2, 0.25) is 0 Å². The first-order chi connectivity index (χ1) is 11.0. The van der Waals surface area contributed by atoms with E-state index in [1.807, 2.05) is 24.3 Å². The highest BCUT2D eigenvalue weighted by Gasteiger charge is 2.32. The third-order valence-corrected chi connectivity index (χ3v) is 3.90. The van der Waals surface area contributed by atoms with Crippen LogP contribution in [0.15, 0.2) is 36.9 Å². The summed E-state index contributed by atoms with van der Waals surface area (Å²) in [5.41, 5.74) is 1.05. The first-order valence-corrected chi connectivity index (χ1v) is 7.82. The van der Waals surface area contributed by atoms with Crippen molar-refractivity contribution in [3.05, 3.63) is 42.5 Å². The van der Waals surface area contributed by atoms with Crippen molar-refractivity contribution in [2.24, 2.45) is 0 Å². The minimum Gasteiger partial charge on any atom is -0.489 e. The molecule has 3 nitrogen and oxygen atoms in total. The molecule has 0 unspecified atom stereocenters. The summed E-state index contributed by atoms with van der Waals surface area (Å²) in [6, 6.07) is 8.00. The minimum atomic E-state index is -4.11. The first-order valence-electron chi connectivity index (χ1n) is 7.82. The van der Waals surface area contributed by atoms with Gasteiger partial charge in [-0.2, -0.15) is 13.2 Å². The van der Waals surface area contributed by atoms with Crippen molar-refractivity contribution in [2.45, 2.75) is 31.6 Å². The van der Waals surface area contributed by atoms with Gasteiger partial charge >= 0.3 is 6.18 Å². The van der Waals surface area contributed by atoms with Gasteiger partial charge < -0.3 is 10.1 Å². The van der Waals surface area contributed by atoms with Crippen molar-refractivity contribution in [2.75, 3.05) is 26.2 Å². The molecule has 6 heteroatoms. The number of rotatable bonds is 7. The number of alkyl halides is 3. The van der Waals surface area contributed by atoms with Crippen LogP contribution >= 0.6 is 0 Å². The average Bonchev–Trinajstić information content (AvgIpc) is 2.51. The molecule has 0 radical (unpaired) electrons. The van der Waals surface area contributed by atoms with E-state index in [9.17, 15) is 13.2 Å². The third-order valence-electron chi connectivity index (χ3n) is 3.90. The van der Waals surface area contributed by atoms with Crippen LogP contribution in [0.5, 0.6) is 5.75 Å². The molecule has 2 rings (SSSR count). The molecule has 1 aromatic rings. The van der Waals surface area contributed by atoms with Crippen LogP contribution in [0.25, 0.3) is 0 Å². The Balaban J connectivity index is 1.78. The fourth-order valence-electron chi connectivity index (χ4n) is 2.74. The number of hydrogen-bond acceptors (Lipinski definition) is 3. The zero-order valence-electron chi connectivity index (χ0n) is 13.1. The van der Waals surface area contributed by atoms with Gasteiger partial charge in [0, 0.05) is 18.2 Å². The number of halogens is 3. The van der Waals surface area contributed by atoms with Gasteiger partial charge in [0.05, 0.1) is 6.54 Å². The SMILES string of the molecule is C=CCOc1ccccc1CNC1CCN(CC(F)(F)F)CC1. The molecule has 1 aliphatic heterocycles. The lowest BCUT2D eigenvalue weighted by atomic mass is 10.0. The van der Waals surface area contributed by atoms with E-state index in [0.29, 0.717) is 26.2 Å². The van der Waals surface area contributed by atoms with Gasteiger partial charge in [0.25, 0.3) is 0 Å². The number of benzene rings is 1. The van der Waals surface area contributed by atoms with E-state index in [1.54, 1.807) is 6.08 Å². The Morgan fingerprint density at radius 3 is 2.61 bits per heavy atom. The van der Waals surface area contributed by atoms with Gasteiger partial charge in [-0.3, -0.25) is 4.90 Å². The van der Waals surface area contributed by atoms with E-state index >= 15 is 0 Å². The molecular weight excluding hydrogens is 305 g/mol. The van der Waals surface area contributed by atoms with Crippen LogP contribution < -0.4 is 10.1 Å². The van der Waals surface area contributed by atoms with Crippen molar-refractivity contribution >= 4 is 0 Å². The highest BCUT2D eigenvalue weighted by Crippen LogP contribution is 2.21. The van der Waals surface area contributed by atoms with E-state index in [1.165, 1.54) is 4.90 Å². The fourth-order valence-corrected chi connectivity index (χ4v) is 2.74. The molecule has 1 heterocycles. The van der Waals surface area contributed by atoms with Crippen LogP contribution in [0, 0.1) is 0 Å². The highest BCUT2D eigenvalue weighted by atomic mass is 19.4. The lowest BCUT2D eigenvalue weighted by Gasteiger charge is -2.32. The predicted molar refractivity (Wildman–Crippen MR) is 84.5 cm³/mol. The number of nitrogens with zero attached hydrogens (tertiary/aromatic N) is 1. The number of ether oxygens (including phenoxy) is 1. The Labute approximate surface area is 135 Å². The molecule has 0 spiro atoms. The van der Waals surface area contributed by atoms with Gasteiger partial charge in [-0.1, -0.05) is 30.9 Å². The second kappa shape index (κ2) is 8.36. The Hall–Kier alpha value is -1.53. The van der Waals surface area contributed by atoms with Gasteiger partial charge in [0.2, 0.25) is 0 Å². The fraction of sp³-hybridized carbons (Fsp3) is 0.529. The molecule has 0 bridgehead atoms. The highest BCUT2D eigenvalue weighted by molar-refractivity contribution is 5.33. The van der Waals surface area contributed by atoms with Crippen LogP contribution in [0.4, 0.5) is 13.2 Å². The number of nitrogens with one attached hydrogen (secondary N) is 1. The van der Waals surface area contributed by atoms with Crippen LogP contribution in [0.1, 0.15) is 18.4 Å². The quantitative estimate of drug-likeness (QED) is 0.777. The van der Waals surface area contributed by atoms with Gasteiger partial charge in [-0.05, 0) is 32.0 Å². The Morgan fingerprint density at radius 1 is 1.26 bits per heavy atom. The summed E-state index contributed by atoms with van der Waals surface area (Å²) in [6.07, 6.45) is -0.959. The summed E-state index contributed by atoms with van der Waals surface area (Å²) < 4.78 is 42.7. The molecule has 1 aliphatic rings. The smallest absolute Gasteiger partial charge is 0.401 e. The molecule has 1 aromatic carbocycles. The maximum atomic E-state index is 12.4. The van der Waals surface area contributed by atoms with Crippen molar-refractivity contribution in [1.82, 2.24) is 10.2 Å². The molecule has 0 atom stereocenters. The van der Waals surface area contributed by atoms with E-state index in [-0.39, 0.29) is 6.04 Å². The maximum absolute atomic E-state index is 12.4. The molecular formula is C17H23F3N2O. The minimum absolute atomic E-state index is 0.243. The van der Waals surface area contributed by atoms with E-state index < -0.39 is 12.7 Å². The lowest BCUT2D eigenvalue weighted by Crippen LogP contribution is -2.45. The zero-order valence-corrected chi connectivity index (χ0v) is 13.1. The van der Waals surface area contributed by atoms with Crippen LogP contribution in [0.3, 0.4) is 0 Å². The summed E-state index contributed by atoms with van der Waals surface area (Å²) in [6.45, 7) is 4.88. The number of para-hydroxylation sites is 1. The van der Waals surface area contributed by atoms with Crippen LogP contribution in [-0.4, -0.2) is 43.4 Å². The zero-order chi connectivity index (χ0) is 16.7. The van der Waals surface area contributed by atoms with Gasteiger partial charge in [-0.15, -0.1) is 0 Å². The molecule has 0 saturated carbocycles. The van der Waals surface area contributed by atoms with Crippen molar-refractivity contribution in [3.63, 3.8) is 0 Å². The number of piperidine rings is 1. The molecule has 1 N–H and O–H groups in total. The Kier molecular flexibility index (Phi) is 6.47. The lowest BCUT2D eigenvalue weighted by molar-refractivity contribution is -0.148. The van der Waals surface area contributed by atoms with Crippen molar-refractivity contribution < 1.29 is 17.9 Å². The van der Waals surface area contributed by atoms with E-state index in [4.69, 9.17) is 4.74 Å². The Bertz CT molecular complexity index is 497. The largest absolute Gasteiger partial charge is 0.489 e. The number of likely N-dealkylation sites (tertiary alicyclic amines) is 1. The van der Waals surface area contributed by atoms with Crippen molar-refractivity contribution in [3.8, 4) is 5.75 Å². The van der Waals surface area contributed by atoms with Gasteiger partial charge in [-0.25, -0.2) is 0 Å². The third kappa shape index (κ3) is 6.23. The van der Waals surface area contributed by atoms with Crippen LogP contribution in [-0.2, 0) is 6.54 Å². The molecule has 0 aromatic heterocycles. The molecule has 23 heavy (non-hydrogen) atoms. The summed E-state index contributed by atoms with van der Waals surface area (Å²) in [5.74, 6) is 0.814. The average molecular weight is 328 g/mol. The molecule has 1 saturated heterocycles.